The summed E-state index contributed by atoms with van der Waals surface area (Å²) in [6, 6.07) is 0. The van der Waals surface area contributed by atoms with Gasteiger partial charge in [-0.3, -0.25) is 14.4 Å². The van der Waals surface area contributed by atoms with Crippen LogP contribution in [0.3, 0.4) is 0 Å². The van der Waals surface area contributed by atoms with Gasteiger partial charge in [-0.25, -0.2) is 0 Å². The largest absolute Gasteiger partial charge is 0.462 e. The third kappa shape index (κ3) is 63.0. The summed E-state index contributed by atoms with van der Waals surface area (Å²) in [6.07, 6.45) is 87.1. The minimum Gasteiger partial charge on any atom is -0.462 e. The van der Waals surface area contributed by atoms with Gasteiger partial charge in [0.25, 0.3) is 0 Å². The molecule has 1 unspecified atom stereocenters. The standard InChI is InChI=1S/C71H122O6/c1-4-7-10-13-16-19-22-25-27-29-31-33-35-37-39-41-43-46-49-52-55-58-61-64-70(73)76-67-68(66-75-69(72)63-60-57-54-51-48-45-24-21-18-15-12-9-6-3)77-71(74)65-62-59-56-53-50-47-44-42-40-38-36-34-32-30-28-26-23-20-17-14-11-8-5-2/h7,9-10,12,16,18-19,21,25,27,30-33,45,48,68H,4-6,8,11,13-15,17,20,22-24,26,28-29,34-44,46-47,49-67H2,1-3H3/b10-7-,12-9-,19-16-,21-18-,27-25-,32-30-,33-31-,48-45-. The van der Waals surface area contributed by atoms with Gasteiger partial charge in [0, 0.05) is 19.3 Å². The zero-order valence-corrected chi connectivity index (χ0v) is 50.7. The highest BCUT2D eigenvalue weighted by molar-refractivity contribution is 5.71. The van der Waals surface area contributed by atoms with Gasteiger partial charge in [-0.05, 0) is 116 Å². The molecule has 442 valence electrons. The Bertz CT molecular complexity index is 1510. The Morgan fingerprint density at radius 1 is 0.273 bits per heavy atom. The molecule has 0 bridgehead atoms. The number of carbonyl (C=O) groups excluding carboxylic acids is 3. The molecule has 0 aliphatic heterocycles. The van der Waals surface area contributed by atoms with Crippen molar-refractivity contribution in [2.75, 3.05) is 13.2 Å². The molecule has 0 aromatic rings. The van der Waals surface area contributed by atoms with Crippen LogP contribution in [0.1, 0.15) is 316 Å². The second-order valence-corrected chi connectivity index (χ2v) is 21.6. The smallest absolute Gasteiger partial charge is 0.306 e. The van der Waals surface area contributed by atoms with E-state index in [1.807, 2.05) is 0 Å². The molecule has 6 nitrogen and oxygen atoms in total. The van der Waals surface area contributed by atoms with Gasteiger partial charge in [-0.2, -0.15) is 0 Å². The number of hydrogen-bond acceptors (Lipinski definition) is 6. The average molecular weight is 1070 g/mol. The van der Waals surface area contributed by atoms with E-state index >= 15 is 0 Å². The maximum absolute atomic E-state index is 12.9. The highest BCUT2D eigenvalue weighted by Crippen LogP contribution is 2.16. The van der Waals surface area contributed by atoms with Crippen molar-refractivity contribution in [3.05, 3.63) is 97.2 Å². The summed E-state index contributed by atoms with van der Waals surface area (Å²) in [5.74, 6) is -0.913. The third-order valence-corrected chi connectivity index (χ3v) is 14.1. The molecular weight excluding hydrogens is 949 g/mol. The first-order chi connectivity index (χ1) is 38.0. The third-order valence-electron chi connectivity index (χ3n) is 14.1. The van der Waals surface area contributed by atoms with E-state index in [1.165, 1.54) is 167 Å². The van der Waals surface area contributed by atoms with Gasteiger partial charge >= 0.3 is 17.9 Å². The van der Waals surface area contributed by atoms with Crippen LogP contribution in [0, 0.1) is 0 Å². The Morgan fingerprint density at radius 3 is 0.818 bits per heavy atom. The van der Waals surface area contributed by atoms with Crippen molar-refractivity contribution in [2.45, 2.75) is 322 Å². The van der Waals surface area contributed by atoms with Crippen LogP contribution in [0.25, 0.3) is 0 Å². The molecule has 0 aromatic carbocycles. The topological polar surface area (TPSA) is 78.9 Å². The van der Waals surface area contributed by atoms with E-state index in [-0.39, 0.29) is 31.1 Å². The number of carbonyl (C=O) groups is 3. The first-order valence-corrected chi connectivity index (χ1v) is 32.7. The minimum absolute atomic E-state index is 0.0886. The normalized spacial score (nSPS) is 12.7. The maximum atomic E-state index is 12.9. The van der Waals surface area contributed by atoms with Crippen LogP contribution in [0.2, 0.25) is 0 Å². The molecule has 0 amide bonds. The fourth-order valence-corrected chi connectivity index (χ4v) is 9.21. The molecule has 0 spiro atoms. The summed E-state index contributed by atoms with van der Waals surface area (Å²) in [5.41, 5.74) is 0. The molecule has 6 heteroatoms. The first-order valence-electron chi connectivity index (χ1n) is 32.7. The number of allylic oxidation sites excluding steroid dienone is 16. The molecule has 1 atom stereocenters. The van der Waals surface area contributed by atoms with Crippen molar-refractivity contribution in [3.8, 4) is 0 Å². The fraction of sp³-hybridized carbons (Fsp3) is 0.732. The van der Waals surface area contributed by atoms with Crippen LogP contribution in [-0.2, 0) is 28.6 Å². The van der Waals surface area contributed by atoms with Crippen LogP contribution in [0.5, 0.6) is 0 Å². The number of rotatable bonds is 59. The predicted octanol–water partition coefficient (Wildman–Crippen LogP) is 22.4. The fourth-order valence-electron chi connectivity index (χ4n) is 9.21. The highest BCUT2D eigenvalue weighted by Gasteiger charge is 2.19. The van der Waals surface area contributed by atoms with Gasteiger partial charge in [-0.1, -0.05) is 279 Å². The monoisotopic (exact) mass is 1070 g/mol. The quantitative estimate of drug-likeness (QED) is 0.0261. The molecule has 0 saturated carbocycles. The van der Waals surface area contributed by atoms with Crippen LogP contribution in [0.4, 0.5) is 0 Å². The molecule has 0 saturated heterocycles. The zero-order valence-electron chi connectivity index (χ0n) is 50.7. The highest BCUT2D eigenvalue weighted by atomic mass is 16.6. The van der Waals surface area contributed by atoms with Gasteiger partial charge in [0.2, 0.25) is 0 Å². The van der Waals surface area contributed by atoms with E-state index in [0.717, 1.165) is 109 Å². The maximum Gasteiger partial charge on any atom is 0.306 e. The molecule has 0 heterocycles. The lowest BCUT2D eigenvalue weighted by Crippen LogP contribution is -2.30. The average Bonchev–Trinajstić information content (AvgIpc) is 3.43. The molecule has 0 aliphatic carbocycles. The molecular formula is C71H122O6. The van der Waals surface area contributed by atoms with Crippen molar-refractivity contribution >= 4 is 17.9 Å². The molecule has 0 rings (SSSR count). The Labute approximate surface area is 477 Å². The molecule has 77 heavy (non-hydrogen) atoms. The number of unbranched alkanes of at least 4 members (excludes halogenated alkanes) is 32. The second kappa shape index (κ2) is 64.9. The summed E-state index contributed by atoms with van der Waals surface area (Å²) in [5, 5.41) is 0. The lowest BCUT2D eigenvalue weighted by Gasteiger charge is -2.18. The Kier molecular flexibility index (Phi) is 61.8. The summed E-state index contributed by atoms with van der Waals surface area (Å²) in [4.78, 5) is 38.3. The summed E-state index contributed by atoms with van der Waals surface area (Å²) < 4.78 is 16.9. The van der Waals surface area contributed by atoms with E-state index in [9.17, 15) is 14.4 Å². The van der Waals surface area contributed by atoms with E-state index in [0.29, 0.717) is 19.3 Å². The van der Waals surface area contributed by atoms with E-state index in [4.69, 9.17) is 14.2 Å². The van der Waals surface area contributed by atoms with Crippen LogP contribution < -0.4 is 0 Å². The van der Waals surface area contributed by atoms with Gasteiger partial charge in [0.05, 0.1) is 0 Å². The van der Waals surface area contributed by atoms with E-state index in [2.05, 4.69) is 118 Å². The molecule has 0 radical (unpaired) electrons. The summed E-state index contributed by atoms with van der Waals surface area (Å²) >= 11 is 0. The number of esters is 3. The Morgan fingerprint density at radius 2 is 0.506 bits per heavy atom. The SMILES string of the molecule is CC/C=C\C/C=C\C/C=C\C/C=C\CCCCCCCCCCCCC(=O)OCC(COC(=O)CCCCC/C=C\C/C=C\C/C=C\CC)OC(=O)CCCCCCCCCCCCC/C=C\CCCCCCCCCC. The molecule has 0 aromatic heterocycles. The zero-order chi connectivity index (χ0) is 55.7. The van der Waals surface area contributed by atoms with Crippen molar-refractivity contribution in [3.63, 3.8) is 0 Å². The van der Waals surface area contributed by atoms with E-state index in [1.54, 1.807) is 0 Å². The Balaban J connectivity index is 4.33. The minimum atomic E-state index is -0.793. The van der Waals surface area contributed by atoms with Crippen molar-refractivity contribution in [1.82, 2.24) is 0 Å². The van der Waals surface area contributed by atoms with Gasteiger partial charge in [0.1, 0.15) is 13.2 Å². The molecule has 0 N–H and O–H groups in total. The van der Waals surface area contributed by atoms with Gasteiger partial charge in [0.15, 0.2) is 6.10 Å². The van der Waals surface area contributed by atoms with Crippen LogP contribution in [0.15, 0.2) is 97.2 Å². The van der Waals surface area contributed by atoms with E-state index < -0.39 is 6.10 Å². The van der Waals surface area contributed by atoms with Crippen molar-refractivity contribution < 1.29 is 28.6 Å². The molecule has 0 aliphatic rings. The molecule has 0 fully saturated rings. The van der Waals surface area contributed by atoms with Crippen LogP contribution >= 0.6 is 0 Å². The first kappa shape index (κ1) is 73.3. The summed E-state index contributed by atoms with van der Waals surface area (Å²) in [7, 11) is 0. The number of hydrogen-bond donors (Lipinski definition) is 0. The van der Waals surface area contributed by atoms with Crippen LogP contribution in [-0.4, -0.2) is 37.2 Å². The predicted molar refractivity (Wildman–Crippen MR) is 334 cm³/mol. The lowest BCUT2D eigenvalue weighted by molar-refractivity contribution is -0.167. The van der Waals surface area contributed by atoms with Gasteiger partial charge in [-0.15, -0.1) is 0 Å². The summed E-state index contributed by atoms with van der Waals surface area (Å²) in [6.45, 7) is 6.41. The van der Waals surface area contributed by atoms with Gasteiger partial charge < -0.3 is 14.2 Å². The second-order valence-electron chi connectivity index (χ2n) is 21.6. The Hall–Kier alpha value is -3.67. The lowest BCUT2D eigenvalue weighted by atomic mass is 10.0. The van der Waals surface area contributed by atoms with Crippen molar-refractivity contribution in [1.29, 1.82) is 0 Å². The number of ether oxygens (including phenoxy) is 3. The van der Waals surface area contributed by atoms with Crippen molar-refractivity contribution in [2.24, 2.45) is 0 Å².